The lowest BCUT2D eigenvalue weighted by atomic mass is 9.87. The van der Waals surface area contributed by atoms with E-state index in [4.69, 9.17) is 16.3 Å². The van der Waals surface area contributed by atoms with Gasteiger partial charge < -0.3 is 4.74 Å². The molecule has 0 saturated carbocycles. The number of carbonyl (C=O) groups is 1. The number of hydrogen-bond acceptors (Lipinski definition) is 2. The summed E-state index contributed by atoms with van der Waals surface area (Å²) in [6.07, 6.45) is 5.46. The standard InChI is InChI=1S/C16H19ClO2/c1-11-3-5-12(6-4-11)15(18)10-13-9-14(17)7-8-16(13)19-2/h5,7-9,11H,3-4,6,10H2,1-2H3. The Morgan fingerprint density at radius 3 is 2.89 bits per heavy atom. The van der Waals surface area contributed by atoms with Gasteiger partial charge in [-0.25, -0.2) is 0 Å². The molecule has 0 aliphatic heterocycles. The molecule has 1 aromatic rings. The third-order valence-electron chi connectivity index (χ3n) is 3.62. The van der Waals surface area contributed by atoms with Gasteiger partial charge in [0.1, 0.15) is 5.75 Å². The van der Waals surface area contributed by atoms with E-state index in [9.17, 15) is 4.79 Å². The van der Waals surface area contributed by atoms with Crippen LogP contribution >= 0.6 is 11.6 Å². The maximum atomic E-state index is 12.3. The lowest BCUT2D eigenvalue weighted by Gasteiger charge is -2.17. The van der Waals surface area contributed by atoms with Gasteiger partial charge >= 0.3 is 0 Å². The molecule has 3 heteroatoms. The maximum absolute atomic E-state index is 12.3. The number of ether oxygens (including phenoxy) is 1. The number of rotatable bonds is 4. The number of carbonyl (C=O) groups excluding carboxylic acids is 1. The molecule has 1 aromatic carbocycles. The third-order valence-corrected chi connectivity index (χ3v) is 3.86. The van der Waals surface area contributed by atoms with Crippen molar-refractivity contribution in [3.05, 3.63) is 40.4 Å². The van der Waals surface area contributed by atoms with Crippen LogP contribution in [0.1, 0.15) is 31.7 Å². The average Bonchev–Trinajstić information content (AvgIpc) is 2.39. The van der Waals surface area contributed by atoms with E-state index in [1.54, 1.807) is 13.2 Å². The summed E-state index contributed by atoms with van der Waals surface area (Å²) in [6.45, 7) is 2.22. The number of hydrogen-bond donors (Lipinski definition) is 0. The molecule has 1 aliphatic carbocycles. The summed E-state index contributed by atoms with van der Waals surface area (Å²) < 4.78 is 5.28. The lowest BCUT2D eigenvalue weighted by Crippen LogP contribution is -2.12. The Bertz CT molecular complexity index is 505. The molecule has 2 nitrogen and oxygen atoms in total. The van der Waals surface area contributed by atoms with Crippen LogP contribution in [0.3, 0.4) is 0 Å². The van der Waals surface area contributed by atoms with Crippen LogP contribution < -0.4 is 4.74 Å². The van der Waals surface area contributed by atoms with Crippen molar-refractivity contribution in [1.82, 2.24) is 0 Å². The number of Topliss-reactive ketones (excluding diaryl/α,β-unsaturated/α-hetero) is 1. The van der Waals surface area contributed by atoms with Crippen LogP contribution in [0.15, 0.2) is 29.8 Å². The first-order valence-electron chi connectivity index (χ1n) is 6.64. The summed E-state index contributed by atoms with van der Waals surface area (Å²) in [7, 11) is 1.61. The molecular weight excluding hydrogens is 260 g/mol. The summed E-state index contributed by atoms with van der Waals surface area (Å²) in [4.78, 5) is 12.3. The first kappa shape index (κ1) is 14.1. The fourth-order valence-corrected chi connectivity index (χ4v) is 2.59. The van der Waals surface area contributed by atoms with Crippen LogP contribution in [0.5, 0.6) is 5.75 Å². The zero-order valence-corrected chi connectivity index (χ0v) is 12.2. The topological polar surface area (TPSA) is 26.3 Å². The van der Waals surface area contributed by atoms with Crippen LogP contribution in [-0.2, 0) is 11.2 Å². The molecule has 1 unspecified atom stereocenters. The van der Waals surface area contributed by atoms with Gasteiger partial charge in [-0.3, -0.25) is 4.79 Å². The summed E-state index contributed by atoms with van der Waals surface area (Å²) in [5.74, 6) is 1.60. The van der Waals surface area contributed by atoms with Gasteiger partial charge in [-0.1, -0.05) is 24.6 Å². The van der Waals surface area contributed by atoms with E-state index in [1.165, 1.54) is 0 Å². The number of halogens is 1. The van der Waals surface area contributed by atoms with Gasteiger partial charge in [0, 0.05) is 17.0 Å². The summed E-state index contributed by atoms with van der Waals surface area (Å²) in [6, 6.07) is 5.39. The first-order valence-corrected chi connectivity index (χ1v) is 7.02. The van der Waals surface area contributed by atoms with Gasteiger partial charge in [0.25, 0.3) is 0 Å². The molecule has 0 amide bonds. The van der Waals surface area contributed by atoms with Crippen molar-refractivity contribution in [1.29, 1.82) is 0 Å². The second kappa shape index (κ2) is 6.25. The Kier molecular flexibility index (Phi) is 4.65. The van der Waals surface area contributed by atoms with Gasteiger partial charge in [0.15, 0.2) is 5.78 Å². The molecule has 102 valence electrons. The highest BCUT2D eigenvalue weighted by molar-refractivity contribution is 6.30. The predicted octanol–water partition coefficient (Wildman–Crippen LogP) is 4.21. The minimum absolute atomic E-state index is 0.187. The van der Waals surface area contributed by atoms with Crippen molar-refractivity contribution in [2.75, 3.05) is 7.11 Å². The van der Waals surface area contributed by atoms with E-state index < -0.39 is 0 Å². The van der Waals surface area contributed by atoms with E-state index >= 15 is 0 Å². The smallest absolute Gasteiger partial charge is 0.163 e. The van der Waals surface area contributed by atoms with Gasteiger partial charge in [-0.05, 0) is 49.0 Å². The zero-order valence-electron chi connectivity index (χ0n) is 11.4. The second-order valence-corrected chi connectivity index (χ2v) is 5.60. The lowest BCUT2D eigenvalue weighted by molar-refractivity contribution is -0.115. The maximum Gasteiger partial charge on any atom is 0.163 e. The van der Waals surface area contributed by atoms with Crippen molar-refractivity contribution in [3.8, 4) is 5.75 Å². The summed E-state index contributed by atoms with van der Waals surface area (Å²) in [5.41, 5.74) is 1.82. The Morgan fingerprint density at radius 1 is 1.47 bits per heavy atom. The molecule has 0 bridgehead atoms. The fourth-order valence-electron chi connectivity index (χ4n) is 2.39. The van der Waals surface area contributed by atoms with E-state index in [-0.39, 0.29) is 5.78 Å². The quantitative estimate of drug-likeness (QED) is 0.825. The number of ketones is 1. The highest BCUT2D eigenvalue weighted by Gasteiger charge is 2.17. The highest BCUT2D eigenvalue weighted by atomic mass is 35.5. The molecule has 2 rings (SSSR count). The van der Waals surface area contributed by atoms with Crippen molar-refractivity contribution in [2.24, 2.45) is 5.92 Å². The summed E-state index contributed by atoms with van der Waals surface area (Å²) in [5, 5.41) is 0.634. The normalized spacial score (nSPS) is 18.9. The monoisotopic (exact) mass is 278 g/mol. The summed E-state index contributed by atoms with van der Waals surface area (Å²) >= 11 is 5.98. The highest BCUT2D eigenvalue weighted by Crippen LogP contribution is 2.27. The van der Waals surface area contributed by atoms with E-state index in [2.05, 4.69) is 13.0 Å². The number of benzene rings is 1. The molecule has 0 N–H and O–H groups in total. The Balaban J connectivity index is 2.13. The Labute approximate surface area is 119 Å². The van der Waals surface area contributed by atoms with Crippen LogP contribution in [0.4, 0.5) is 0 Å². The minimum atomic E-state index is 0.187. The number of allylic oxidation sites excluding steroid dienone is 2. The van der Waals surface area contributed by atoms with Gasteiger partial charge in [0.05, 0.1) is 7.11 Å². The molecule has 0 fully saturated rings. The molecule has 1 aliphatic rings. The largest absolute Gasteiger partial charge is 0.496 e. The van der Waals surface area contributed by atoms with E-state index in [0.29, 0.717) is 17.4 Å². The Morgan fingerprint density at radius 2 is 2.26 bits per heavy atom. The van der Waals surface area contributed by atoms with Gasteiger partial charge in [0.2, 0.25) is 0 Å². The average molecular weight is 279 g/mol. The zero-order chi connectivity index (χ0) is 13.8. The Hall–Kier alpha value is -1.28. The molecule has 0 saturated heterocycles. The van der Waals surface area contributed by atoms with Crippen LogP contribution in [0.25, 0.3) is 0 Å². The molecule has 1 atom stereocenters. The van der Waals surface area contributed by atoms with Crippen molar-refractivity contribution >= 4 is 17.4 Å². The van der Waals surface area contributed by atoms with E-state index in [1.807, 2.05) is 12.1 Å². The molecule has 19 heavy (non-hydrogen) atoms. The van der Waals surface area contributed by atoms with Crippen molar-refractivity contribution < 1.29 is 9.53 Å². The van der Waals surface area contributed by atoms with Crippen LogP contribution in [0.2, 0.25) is 5.02 Å². The second-order valence-electron chi connectivity index (χ2n) is 5.17. The molecule has 0 heterocycles. The fraction of sp³-hybridized carbons (Fsp3) is 0.438. The SMILES string of the molecule is COc1ccc(Cl)cc1CC(=O)C1=CCC(C)CC1. The number of methoxy groups -OCH3 is 1. The van der Waals surface area contributed by atoms with Crippen molar-refractivity contribution in [2.45, 2.75) is 32.6 Å². The van der Waals surface area contributed by atoms with E-state index in [0.717, 1.165) is 36.1 Å². The van der Waals surface area contributed by atoms with Gasteiger partial charge in [-0.2, -0.15) is 0 Å². The molecule has 0 aromatic heterocycles. The van der Waals surface area contributed by atoms with Crippen molar-refractivity contribution in [3.63, 3.8) is 0 Å². The molecular formula is C16H19ClO2. The van der Waals surface area contributed by atoms with Crippen LogP contribution in [0, 0.1) is 5.92 Å². The third kappa shape index (κ3) is 3.60. The predicted molar refractivity (Wildman–Crippen MR) is 77.8 cm³/mol. The first-order chi connectivity index (χ1) is 9.10. The molecule has 0 radical (unpaired) electrons. The van der Waals surface area contributed by atoms with Gasteiger partial charge in [-0.15, -0.1) is 0 Å². The van der Waals surface area contributed by atoms with Crippen LogP contribution in [-0.4, -0.2) is 12.9 Å². The molecule has 0 spiro atoms. The minimum Gasteiger partial charge on any atom is -0.496 e.